The molecule has 1 aromatic carbocycles. The first-order chi connectivity index (χ1) is 8.17. The predicted molar refractivity (Wildman–Crippen MR) is 58.9 cm³/mol. The lowest BCUT2D eigenvalue weighted by Crippen LogP contribution is -2.23. The summed E-state index contributed by atoms with van der Waals surface area (Å²) in [6.07, 6.45) is -3.03. The molecule has 18 heavy (non-hydrogen) atoms. The summed E-state index contributed by atoms with van der Waals surface area (Å²) in [7, 11) is -1.85. The Kier molecular flexibility index (Phi) is 3.97. The highest BCUT2D eigenvalue weighted by Gasteiger charge is 2.27. The van der Waals surface area contributed by atoms with E-state index in [1.165, 1.54) is 0 Å². The largest absolute Gasteiger partial charge is 0.270 e. The van der Waals surface area contributed by atoms with Gasteiger partial charge in [0.25, 0.3) is 12.1 Å². The number of nitrogens with zero attached hydrogens (tertiary/aromatic N) is 2. The van der Waals surface area contributed by atoms with Gasteiger partial charge in [0, 0.05) is 31.8 Å². The molecule has 0 aliphatic carbocycles. The van der Waals surface area contributed by atoms with E-state index < -0.39 is 37.5 Å². The number of alkyl halides is 2. The summed E-state index contributed by atoms with van der Waals surface area (Å²) in [6, 6.07) is 2.23. The highest BCUT2D eigenvalue weighted by atomic mass is 32.2. The van der Waals surface area contributed by atoms with Crippen LogP contribution in [-0.2, 0) is 10.0 Å². The molecule has 0 atom stereocenters. The van der Waals surface area contributed by atoms with Crippen LogP contribution < -0.4 is 0 Å². The standard InChI is InChI=1S/C9H10F2N2O4S/c1-12(2)18(16,17)8-5-6(13(14)15)3-4-7(8)9(10)11/h3-5,9H,1-2H3. The summed E-state index contributed by atoms with van der Waals surface area (Å²) in [6.45, 7) is 0. The molecule has 0 amide bonds. The second-order valence-corrected chi connectivity index (χ2v) is 5.69. The van der Waals surface area contributed by atoms with Crippen molar-refractivity contribution in [1.29, 1.82) is 0 Å². The van der Waals surface area contributed by atoms with E-state index in [9.17, 15) is 27.3 Å². The van der Waals surface area contributed by atoms with Gasteiger partial charge >= 0.3 is 0 Å². The van der Waals surface area contributed by atoms with Gasteiger partial charge in [-0.2, -0.15) is 0 Å². The summed E-state index contributed by atoms with van der Waals surface area (Å²) in [5.74, 6) is 0. The molecule has 100 valence electrons. The Morgan fingerprint density at radius 2 is 1.89 bits per heavy atom. The molecule has 1 rings (SSSR count). The molecule has 6 nitrogen and oxygen atoms in total. The average molecular weight is 280 g/mol. The maximum Gasteiger partial charge on any atom is 0.270 e. The molecule has 0 saturated carbocycles. The van der Waals surface area contributed by atoms with Crippen molar-refractivity contribution in [3.63, 3.8) is 0 Å². The smallest absolute Gasteiger partial charge is 0.258 e. The fraction of sp³-hybridized carbons (Fsp3) is 0.333. The third kappa shape index (κ3) is 2.62. The number of benzene rings is 1. The van der Waals surface area contributed by atoms with Crippen LogP contribution in [-0.4, -0.2) is 31.7 Å². The minimum Gasteiger partial charge on any atom is -0.258 e. The number of non-ortho nitro benzene ring substituents is 1. The molecule has 9 heteroatoms. The molecule has 0 heterocycles. The average Bonchev–Trinajstić information content (AvgIpc) is 2.27. The van der Waals surface area contributed by atoms with Crippen molar-refractivity contribution < 1.29 is 22.1 Å². The van der Waals surface area contributed by atoms with E-state index in [2.05, 4.69) is 0 Å². The quantitative estimate of drug-likeness (QED) is 0.622. The SMILES string of the molecule is CN(C)S(=O)(=O)c1cc([N+](=O)[O-])ccc1C(F)F. The first kappa shape index (κ1) is 14.5. The van der Waals surface area contributed by atoms with E-state index in [1.807, 2.05) is 0 Å². The predicted octanol–water partition coefficient (Wildman–Crippen LogP) is 1.78. The second-order valence-electron chi connectivity index (χ2n) is 3.57. The van der Waals surface area contributed by atoms with Crippen LogP contribution >= 0.6 is 0 Å². The maximum absolute atomic E-state index is 12.7. The van der Waals surface area contributed by atoms with Gasteiger partial charge in [-0.25, -0.2) is 21.5 Å². The van der Waals surface area contributed by atoms with Crippen LogP contribution in [0.4, 0.5) is 14.5 Å². The Morgan fingerprint density at radius 1 is 1.33 bits per heavy atom. The van der Waals surface area contributed by atoms with Crippen molar-refractivity contribution in [3.05, 3.63) is 33.9 Å². The van der Waals surface area contributed by atoms with E-state index in [1.54, 1.807) is 0 Å². The third-order valence-electron chi connectivity index (χ3n) is 2.20. The number of sulfonamides is 1. The van der Waals surface area contributed by atoms with E-state index in [4.69, 9.17) is 0 Å². The molecular formula is C9H10F2N2O4S. The highest BCUT2D eigenvalue weighted by Crippen LogP contribution is 2.30. The molecule has 0 bridgehead atoms. The zero-order chi connectivity index (χ0) is 14.1. The molecule has 0 N–H and O–H groups in total. The van der Waals surface area contributed by atoms with Gasteiger partial charge in [0.15, 0.2) is 0 Å². The summed E-state index contributed by atoms with van der Waals surface area (Å²) in [5, 5.41) is 10.5. The molecule has 0 radical (unpaired) electrons. The molecule has 1 aromatic rings. The first-order valence-electron chi connectivity index (χ1n) is 4.67. The Balaban J connectivity index is 3.57. The van der Waals surface area contributed by atoms with Gasteiger partial charge in [-0.1, -0.05) is 0 Å². The van der Waals surface area contributed by atoms with Gasteiger partial charge < -0.3 is 0 Å². The van der Waals surface area contributed by atoms with Crippen molar-refractivity contribution in [3.8, 4) is 0 Å². The molecule has 0 aliphatic rings. The Labute approximate surface area is 102 Å². The third-order valence-corrected chi connectivity index (χ3v) is 4.07. The van der Waals surface area contributed by atoms with Gasteiger partial charge in [0.2, 0.25) is 10.0 Å². The van der Waals surface area contributed by atoms with Gasteiger partial charge in [-0.3, -0.25) is 10.1 Å². The molecule has 0 spiro atoms. The minimum absolute atomic E-state index is 0.556. The van der Waals surface area contributed by atoms with Crippen LogP contribution in [0.3, 0.4) is 0 Å². The zero-order valence-electron chi connectivity index (χ0n) is 9.50. The van der Waals surface area contributed by atoms with E-state index in [0.29, 0.717) is 6.07 Å². The number of nitro groups is 1. The van der Waals surface area contributed by atoms with Crippen molar-refractivity contribution in [2.75, 3.05) is 14.1 Å². The van der Waals surface area contributed by atoms with E-state index in [0.717, 1.165) is 30.5 Å². The van der Waals surface area contributed by atoms with Gasteiger partial charge in [-0.15, -0.1) is 0 Å². The molecule has 0 fully saturated rings. The van der Waals surface area contributed by atoms with Crippen LogP contribution in [0.15, 0.2) is 23.1 Å². The Hall–Kier alpha value is -1.61. The highest BCUT2D eigenvalue weighted by molar-refractivity contribution is 7.89. The molecule has 0 unspecified atom stereocenters. The van der Waals surface area contributed by atoms with Crippen molar-refractivity contribution in [2.45, 2.75) is 11.3 Å². The number of hydrogen-bond donors (Lipinski definition) is 0. The minimum atomic E-state index is -4.16. The normalized spacial score (nSPS) is 12.1. The molecular weight excluding hydrogens is 270 g/mol. The van der Waals surface area contributed by atoms with Crippen LogP contribution in [0.2, 0.25) is 0 Å². The monoisotopic (exact) mass is 280 g/mol. The van der Waals surface area contributed by atoms with Gasteiger partial charge in [-0.05, 0) is 6.07 Å². The number of rotatable bonds is 4. The first-order valence-corrected chi connectivity index (χ1v) is 6.11. The summed E-state index contributed by atoms with van der Waals surface area (Å²) < 4.78 is 49.7. The van der Waals surface area contributed by atoms with Crippen LogP contribution in [0, 0.1) is 10.1 Å². The lowest BCUT2D eigenvalue weighted by atomic mass is 10.2. The van der Waals surface area contributed by atoms with E-state index in [-0.39, 0.29) is 0 Å². The summed E-state index contributed by atoms with van der Waals surface area (Å²) >= 11 is 0. The summed E-state index contributed by atoms with van der Waals surface area (Å²) in [5.41, 5.74) is -1.31. The van der Waals surface area contributed by atoms with Crippen molar-refractivity contribution in [2.24, 2.45) is 0 Å². The van der Waals surface area contributed by atoms with Gasteiger partial charge in [0.05, 0.1) is 9.82 Å². The zero-order valence-corrected chi connectivity index (χ0v) is 10.3. The Bertz CT molecular complexity index is 572. The summed E-state index contributed by atoms with van der Waals surface area (Å²) in [4.78, 5) is 8.94. The second kappa shape index (κ2) is 4.94. The number of halogens is 2. The molecule has 0 saturated heterocycles. The Morgan fingerprint density at radius 3 is 2.28 bits per heavy atom. The fourth-order valence-corrected chi connectivity index (χ4v) is 2.36. The molecule has 0 aliphatic heterocycles. The van der Waals surface area contributed by atoms with Crippen molar-refractivity contribution in [1.82, 2.24) is 4.31 Å². The number of hydrogen-bond acceptors (Lipinski definition) is 4. The molecule has 0 aromatic heterocycles. The maximum atomic E-state index is 12.7. The van der Waals surface area contributed by atoms with Crippen molar-refractivity contribution >= 4 is 15.7 Å². The number of nitro benzene ring substituents is 1. The van der Waals surface area contributed by atoms with Crippen LogP contribution in [0.5, 0.6) is 0 Å². The van der Waals surface area contributed by atoms with Gasteiger partial charge in [0.1, 0.15) is 0 Å². The fourth-order valence-electron chi connectivity index (χ4n) is 1.24. The topological polar surface area (TPSA) is 80.5 Å². The van der Waals surface area contributed by atoms with Crippen LogP contribution in [0.1, 0.15) is 12.0 Å². The lowest BCUT2D eigenvalue weighted by Gasteiger charge is -2.14. The lowest BCUT2D eigenvalue weighted by molar-refractivity contribution is -0.385. The van der Waals surface area contributed by atoms with Crippen LogP contribution in [0.25, 0.3) is 0 Å². The van der Waals surface area contributed by atoms with E-state index >= 15 is 0 Å².